The highest BCUT2D eigenvalue weighted by Gasteiger charge is 2.14. The van der Waals surface area contributed by atoms with Gasteiger partial charge in [0, 0.05) is 15.8 Å². The van der Waals surface area contributed by atoms with Crippen LogP contribution in [0.3, 0.4) is 0 Å². The molecule has 0 spiro atoms. The summed E-state index contributed by atoms with van der Waals surface area (Å²) in [5.41, 5.74) is 4.69. The smallest absolute Gasteiger partial charge is 0.277 e. The van der Waals surface area contributed by atoms with Crippen LogP contribution in [0.15, 0.2) is 27.8 Å². The van der Waals surface area contributed by atoms with Gasteiger partial charge in [-0.2, -0.15) is 0 Å². The first-order chi connectivity index (χ1) is 8.58. The molecule has 0 unspecified atom stereocenters. The van der Waals surface area contributed by atoms with E-state index in [9.17, 15) is 0 Å². The molecule has 0 aliphatic heterocycles. The predicted molar refractivity (Wildman–Crippen MR) is 71.6 cm³/mol. The predicted octanol–water partition coefficient (Wildman–Crippen LogP) is -0.0244. The third kappa shape index (κ3) is 4.26. The summed E-state index contributed by atoms with van der Waals surface area (Å²) < 4.78 is 5.44. The van der Waals surface area contributed by atoms with Crippen molar-refractivity contribution < 1.29 is 22.6 Å². The lowest BCUT2D eigenvalue weighted by Gasteiger charge is -2.04. The maximum absolute atomic E-state index is 6.08. The highest BCUT2D eigenvalue weighted by molar-refractivity contribution is 7.98. The van der Waals surface area contributed by atoms with Crippen molar-refractivity contribution in [2.24, 2.45) is 0 Å². The molecule has 0 radical (unpaired) electrons. The number of benzene rings is 1. The lowest BCUT2D eigenvalue weighted by atomic mass is 10.2. The second-order valence-electron chi connectivity index (χ2n) is 3.80. The van der Waals surface area contributed by atoms with Gasteiger partial charge in [0.2, 0.25) is 0 Å². The Morgan fingerprint density at radius 2 is 1.95 bits per heavy atom. The summed E-state index contributed by atoms with van der Waals surface area (Å²) in [4.78, 5) is 0. The number of thioether (sulfide) groups is 1. The fraction of sp³-hybridized carbons (Fsp3) is 0.273. The first-order valence-corrected chi connectivity index (χ1v) is 7.04. The molecule has 19 heavy (non-hydrogen) atoms. The molecule has 0 amide bonds. The fourth-order valence-corrected chi connectivity index (χ4v) is 2.79. The molecule has 0 fully saturated rings. The van der Waals surface area contributed by atoms with E-state index in [1.165, 1.54) is 11.8 Å². The zero-order chi connectivity index (χ0) is 13.1. The van der Waals surface area contributed by atoms with E-state index < -0.39 is 0 Å². The normalized spacial score (nSPS) is 12.0. The molecular weight excluding hydrogens is 329 g/mol. The van der Waals surface area contributed by atoms with Crippen molar-refractivity contribution in [3.63, 3.8) is 0 Å². The Labute approximate surface area is 131 Å². The Kier molecular flexibility index (Phi) is 6.42. The van der Waals surface area contributed by atoms with Crippen molar-refractivity contribution in [2.45, 2.75) is 23.9 Å². The molecule has 2 rings (SSSR count). The lowest BCUT2D eigenvalue weighted by Crippen LogP contribution is -3.00. The van der Waals surface area contributed by atoms with Crippen molar-refractivity contribution in [1.82, 2.24) is 10.2 Å². The van der Waals surface area contributed by atoms with Crippen molar-refractivity contribution in [3.8, 4) is 0 Å². The quantitative estimate of drug-likeness (QED) is 0.794. The van der Waals surface area contributed by atoms with Crippen LogP contribution in [-0.4, -0.2) is 10.2 Å². The van der Waals surface area contributed by atoms with Gasteiger partial charge in [-0.05, 0) is 24.6 Å². The van der Waals surface area contributed by atoms with E-state index in [4.69, 9.17) is 27.6 Å². The van der Waals surface area contributed by atoms with Crippen LogP contribution < -0.4 is 18.1 Å². The van der Waals surface area contributed by atoms with E-state index in [1.807, 2.05) is 13.0 Å². The van der Waals surface area contributed by atoms with Gasteiger partial charge >= 0.3 is 0 Å². The summed E-state index contributed by atoms with van der Waals surface area (Å²) in [5.74, 6) is 1.12. The van der Waals surface area contributed by atoms with Crippen LogP contribution >= 0.6 is 35.0 Å². The monoisotopic (exact) mass is 339 g/mol. The third-order valence-electron chi connectivity index (χ3n) is 2.25. The maximum Gasteiger partial charge on any atom is 0.277 e. The topological polar surface area (TPSA) is 66.6 Å². The Morgan fingerprint density at radius 3 is 2.47 bits per heavy atom. The number of hydrogen-bond acceptors (Lipinski definition) is 4. The van der Waals surface area contributed by atoms with E-state index in [1.54, 1.807) is 12.1 Å². The summed E-state index contributed by atoms with van der Waals surface area (Å²) in [5, 5.41) is 9.61. The summed E-state index contributed by atoms with van der Waals surface area (Å²) in [6.45, 7) is 1.90. The van der Waals surface area contributed by atoms with Gasteiger partial charge in [-0.25, -0.2) is 0 Å². The minimum absolute atomic E-state index is 0. The molecule has 0 aliphatic carbocycles. The Balaban J connectivity index is 0.00000180. The SMILES string of the molecule is C[C@H]([NH3+])c1nnc(SCc2c(Cl)cccc2Cl)o1.[Cl-]. The van der Waals surface area contributed by atoms with Crippen LogP contribution in [0.1, 0.15) is 24.4 Å². The number of nitrogens with zero attached hydrogens (tertiary/aromatic N) is 2. The Hall–Kier alpha value is -0.460. The van der Waals surface area contributed by atoms with Crippen LogP contribution in [0, 0.1) is 0 Å². The van der Waals surface area contributed by atoms with E-state index in [0.717, 1.165) is 5.56 Å². The Bertz CT molecular complexity index is 527. The molecule has 0 aliphatic rings. The average molecular weight is 341 g/mol. The summed E-state index contributed by atoms with van der Waals surface area (Å²) >= 11 is 13.6. The van der Waals surface area contributed by atoms with Gasteiger partial charge in [-0.3, -0.25) is 0 Å². The standard InChI is InChI=1S/C11H11Cl2N3OS.ClH/c1-6(14)10-15-16-11(17-10)18-5-7-8(12)3-2-4-9(7)13;/h2-4,6H,5,14H2,1H3;1H/t6-;/m0./s1. The number of hydrogen-bond donors (Lipinski definition) is 1. The van der Waals surface area contributed by atoms with Crippen LogP contribution in [0.2, 0.25) is 10.0 Å². The third-order valence-corrected chi connectivity index (χ3v) is 3.80. The van der Waals surface area contributed by atoms with Crippen molar-refractivity contribution in [2.75, 3.05) is 0 Å². The lowest BCUT2D eigenvalue weighted by molar-refractivity contribution is -0.425. The molecule has 3 N–H and O–H groups in total. The number of quaternary nitrogens is 1. The molecule has 2 aromatic rings. The molecule has 0 saturated carbocycles. The fourth-order valence-electron chi connectivity index (χ4n) is 1.28. The van der Waals surface area contributed by atoms with Gasteiger partial charge in [0.05, 0.1) is 0 Å². The van der Waals surface area contributed by atoms with Gasteiger partial charge in [0.15, 0.2) is 6.04 Å². The highest BCUT2D eigenvalue weighted by Crippen LogP contribution is 2.31. The van der Waals surface area contributed by atoms with E-state index >= 15 is 0 Å². The van der Waals surface area contributed by atoms with Gasteiger partial charge in [0.1, 0.15) is 0 Å². The van der Waals surface area contributed by atoms with Crippen LogP contribution in [0.5, 0.6) is 0 Å². The molecule has 4 nitrogen and oxygen atoms in total. The molecule has 1 aromatic heterocycles. The molecule has 0 saturated heterocycles. The van der Waals surface area contributed by atoms with Crippen LogP contribution in [0.4, 0.5) is 0 Å². The number of aromatic nitrogens is 2. The molecule has 8 heteroatoms. The van der Waals surface area contributed by atoms with E-state index in [0.29, 0.717) is 26.9 Å². The maximum atomic E-state index is 6.08. The van der Waals surface area contributed by atoms with E-state index in [2.05, 4.69) is 15.9 Å². The highest BCUT2D eigenvalue weighted by atomic mass is 35.5. The van der Waals surface area contributed by atoms with Gasteiger partial charge in [-0.1, -0.05) is 41.0 Å². The van der Waals surface area contributed by atoms with Crippen LogP contribution in [-0.2, 0) is 5.75 Å². The molecule has 1 heterocycles. The molecule has 104 valence electrons. The van der Waals surface area contributed by atoms with E-state index in [-0.39, 0.29) is 18.4 Å². The van der Waals surface area contributed by atoms with Gasteiger partial charge < -0.3 is 22.6 Å². The second-order valence-corrected chi connectivity index (χ2v) is 5.54. The Morgan fingerprint density at radius 1 is 1.32 bits per heavy atom. The first-order valence-electron chi connectivity index (χ1n) is 5.30. The molecule has 1 atom stereocenters. The van der Waals surface area contributed by atoms with Crippen molar-refractivity contribution >= 4 is 35.0 Å². The second kappa shape index (κ2) is 7.36. The first kappa shape index (κ1) is 16.6. The average Bonchev–Trinajstić information content (AvgIpc) is 2.77. The zero-order valence-corrected chi connectivity index (χ0v) is 13.2. The zero-order valence-electron chi connectivity index (χ0n) is 10.1. The van der Waals surface area contributed by atoms with Crippen LogP contribution in [0.25, 0.3) is 0 Å². The molecule has 1 aromatic carbocycles. The number of rotatable bonds is 4. The molecular formula is C11H12Cl3N3OS. The summed E-state index contributed by atoms with van der Waals surface area (Å²) in [6, 6.07) is 5.41. The summed E-state index contributed by atoms with van der Waals surface area (Å²) in [7, 11) is 0. The van der Waals surface area contributed by atoms with Gasteiger partial charge in [-0.15, -0.1) is 10.2 Å². The number of halogens is 3. The summed E-state index contributed by atoms with van der Waals surface area (Å²) in [6.07, 6.45) is 0. The molecule has 0 bridgehead atoms. The van der Waals surface area contributed by atoms with Crippen molar-refractivity contribution in [3.05, 3.63) is 39.7 Å². The minimum Gasteiger partial charge on any atom is -1.00 e. The van der Waals surface area contributed by atoms with Crippen molar-refractivity contribution in [1.29, 1.82) is 0 Å². The minimum atomic E-state index is -0.0178. The van der Waals surface area contributed by atoms with Gasteiger partial charge in [0.25, 0.3) is 11.1 Å². The largest absolute Gasteiger partial charge is 1.00 e.